The summed E-state index contributed by atoms with van der Waals surface area (Å²) in [7, 11) is 1.52. The standard InChI is InChI=1S/C61H101N7O16Si/c1-16-41(5)52-55(71)65-46(10)59(75)84-53(42(6)17-2)43(7)21-18-22-44(8)58(74)83-50(37-40(3)4)54(70)64-45(9)56(72)68(12)49(57(73)67(11)39-51(69)66-52)38-47-23-25-48(26-24-47)82-61(77)63-28-20-30-79-32-34-80-33-31-78-29-19-27-62-60(76)81-35-36-85(13,14)15/h17,22-26,40-41,43,45-46,49-50,52-53H,16,18-21,27-39H2,1-15H3,(H,62,76)(H,63,77)(H,64,70)(H,65,71)(H,66,69)/b42-17+,44-22+/t41?,43-,45-,46+,49+,50+,52-,53+/m0/s1. The number of allylic oxidation sites excluding steroid dienone is 2. The smallest absolute Gasteiger partial charge is 0.412 e. The van der Waals surface area contributed by atoms with Gasteiger partial charge in [-0.3, -0.25) is 24.0 Å². The van der Waals surface area contributed by atoms with Gasteiger partial charge in [-0.1, -0.05) is 85.0 Å². The Morgan fingerprint density at radius 1 is 0.776 bits per heavy atom. The first kappa shape index (κ1) is 74.7. The second-order valence-electron chi connectivity index (χ2n) is 23.5. The Morgan fingerprint density at radius 2 is 1.35 bits per heavy atom. The molecule has 8 atom stereocenters. The number of hydrogen-bond donors (Lipinski definition) is 5. The average Bonchev–Trinajstić information content (AvgIpc) is 3.54. The van der Waals surface area contributed by atoms with Crippen LogP contribution in [0.5, 0.6) is 5.75 Å². The summed E-state index contributed by atoms with van der Waals surface area (Å²) in [4.78, 5) is 124. The molecule has 1 aromatic carbocycles. The molecule has 2 rings (SSSR count). The molecule has 1 aliphatic rings. The number of alkyl carbamates (subject to hydrolysis) is 1. The summed E-state index contributed by atoms with van der Waals surface area (Å²) in [6.45, 7) is 27.1. The zero-order chi connectivity index (χ0) is 63.8. The molecular weight excluding hydrogens is 1110 g/mol. The monoisotopic (exact) mass is 1220 g/mol. The topological polar surface area (TPSA) is 285 Å². The van der Waals surface area contributed by atoms with Crippen LogP contribution in [0.2, 0.25) is 25.7 Å². The molecule has 1 heterocycles. The highest BCUT2D eigenvalue weighted by Gasteiger charge is 2.36. The van der Waals surface area contributed by atoms with Crippen LogP contribution in [0.15, 0.2) is 47.6 Å². The Hall–Kier alpha value is -6.37. The van der Waals surface area contributed by atoms with Crippen LogP contribution in [0, 0.1) is 17.8 Å². The first-order valence-corrected chi connectivity index (χ1v) is 33.6. The van der Waals surface area contributed by atoms with E-state index < -0.39 is 111 Å². The molecule has 0 saturated carbocycles. The Balaban J connectivity index is 2.17. The minimum Gasteiger partial charge on any atom is -0.456 e. The Labute approximate surface area is 505 Å². The van der Waals surface area contributed by atoms with Crippen LogP contribution in [0.1, 0.15) is 113 Å². The first-order chi connectivity index (χ1) is 40.1. The highest BCUT2D eigenvalue weighted by atomic mass is 28.3. The van der Waals surface area contributed by atoms with Gasteiger partial charge in [0.05, 0.1) is 39.6 Å². The Morgan fingerprint density at radius 3 is 1.92 bits per heavy atom. The second kappa shape index (κ2) is 39.3. The zero-order valence-corrected chi connectivity index (χ0v) is 54.3. The van der Waals surface area contributed by atoms with Crippen LogP contribution in [-0.4, -0.2) is 188 Å². The Kier molecular flexibility index (Phi) is 34.6. The lowest BCUT2D eigenvalue weighted by Gasteiger charge is -2.33. The third kappa shape index (κ3) is 29.5. The van der Waals surface area contributed by atoms with E-state index in [1.54, 1.807) is 32.1 Å². The van der Waals surface area contributed by atoms with Crippen LogP contribution < -0.4 is 31.3 Å². The van der Waals surface area contributed by atoms with E-state index in [1.807, 2.05) is 47.6 Å². The van der Waals surface area contributed by atoms with Gasteiger partial charge in [0.2, 0.25) is 23.6 Å². The largest absolute Gasteiger partial charge is 0.456 e. The molecule has 0 aliphatic carbocycles. The molecule has 5 N–H and O–H groups in total. The molecule has 1 aliphatic heterocycles. The number of amides is 7. The van der Waals surface area contributed by atoms with Crippen molar-refractivity contribution in [1.82, 2.24) is 36.4 Å². The maximum Gasteiger partial charge on any atom is 0.412 e. The summed E-state index contributed by atoms with van der Waals surface area (Å²) in [5.74, 6) is -5.28. The van der Waals surface area contributed by atoms with Gasteiger partial charge in [-0.25, -0.2) is 19.2 Å². The third-order valence-electron chi connectivity index (χ3n) is 14.3. The molecule has 7 amide bonds. The van der Waals surface area contributed by atoms with Gasteiger partial charge < -0.3 is 69.5 Å². The minimum atomic E-state index is -1.26. The maximum absolute atomic E-state index is 14.6. The van der Waals surface area contributed by atoms with Crippen LogP contribution in [-0.2, 0) is 68.4 Å². The molecule has 1 aromatic rings. The van der Waals surface area contributed by atoms with Gasteiger partial charge in [-0.05, 0) is 114 Å². The van der Waals surface area contributed by atoms with Crippen molar-refractivity contribution in [3.05, 3.63) is 53.1 Å². The predicted molar refractivity (Wildman–Crippen MR) is 325 cm³/mol. The number of hydrogen-bond acceptors (Lipinski definition) is 16. The number of carbonyl (C=O) groups is 9. The molecule has 24 heteroatoms. The number of likely N-dealkylation sites (N-methyl/N-ethyl adjacent to an activating group) is 2. The first-order valence-electron chi connectivity index (χ1n) is 29.9. The molecule has 23 nitrogen and oxygen atoms in total. The summed E-state index contributed by atoms with van der Waals surface area (Å²) >= 11 is 0. The number of benzene rings is 1. The van der Waals surface area contributed by atoms with Crippen molar-refractivity contribution in [2.45, 2.75) is 176 Å². The molecule has 85 heavy (non-hydrogen) atoms. The van der Waals surface area contributed by atoms with E-state index in [4.69, 9.17) is 33.2 Å². The average molecular weight is 1220 g/mol. The highest BCUT2D eigenvalue weighted by molar-refractivity contribution is 6.76. The van der Waals surface area contributed by atoms with Crippen LogP contribution in [0.4, 0.5) is 9.59 Å². The van der Waals surface area contributed by atoms with Crippen molar-refractivity contribution in [3.63, 3.8) is 0 Å². The van der Waals surface area contributed by atoms with Gasteiger partial charge in [-0.15, -0.1) is 0 Å². The van der Waals surface area contributed by atoms with E-state index in [0.29, 0.717) is 90.5 Å². The number of carbonyl (C=O) groups excluding carboxylic acids is 9. The number of nitrogens with one attached hydrogen (secondary N) is 5. The van der Waals surface area contributed by atoms with Crippen LogP contribution in [0.3, 0.4) is 0 Å². The Bertz CT molecular complexity index is 2360. The van der Waals surface area contributed by atoms with Crippen molar-refractivity contribution in [2.24, 2.45) is 17.8 Å². The second-order valence-corrected chi connectivity index (χ2v) is 29.1. The summed E-state index contributed by atoms with van der Waals surface area (Å²) in [6, 6.07) is 2.53. The van der Waals surface area contributed by atoms with Crippen molar-refractivity contribution < 1.29 is 76.3 Å². The van der Waals surface area contributed by atoms with E-state index in [0.717, 1.165) is 16.5 Å². The van der Waals surface area contributed by atoms with E-state index in [1.165, 1.54) is 45.0 Å². The van der Waals surface area contributed by atoms with Crippen molar-refractivity contribution in [2.75, 3.05) is 80.0 Å². The maximum atomic E-state index is 14.6. The SMILES string of the molecule is C/C=C(\C)[C@H]1OC(=O)[C@@H](C)NC(=O)[C@H](C(C)CC)NC(=O)CN(C)C(=O)[C@@H](Cc2ccc(OC(=O)NCCCOCCOCCOCCCNC(=O)OCC[Si](C)(C)C)cc2)N(C)C(=O)[C@H](C)NC(=O)[C@@H](CC(C)C)OC(=O)/C(C)=C/CC[C@@H]1C. The molecule has 0 fully saturated rings. The summed E-state index contributed by atoms with van der Waals surface area (Å²) in [5.41, 5.74) is 1.58. The minimum absolute atomic E-state index is 0.0883. The van der Waals surface area contributed by atoms with Crippen LogP contribution in [0.25, 0.3) is 0 Å². The molecule has 480 valence electrons. The number of esters is 2. The van der Waals surface area contributed by atoms with Crippen LogP contribution >= 0.6 is 0 Å². The van der Waals surface area contributed by atoms with Crippen molar-refractivity contribution >= 4 is 61.7 Å². The molecule has 0 radical (unpaired) electrons. The van der Waals surface area contributed by atoms with Gasteiger partial charge in [0.1, 0.15) is 36.0 Å². The van der Waals surface area contributed by atoms with E-state index in [-0.39, 0.29) is 42.5 Å². The lowest BCUT2D eigenvalue weighted by molar-refractivity contribution is -0.154. The third-order valence-corrected chi connectivity index (χ3v) is 16.0. The van der Waals surface area contributed by atoms with E-state index in [9.17, 15) is 43.2 Å². The van der Waals surface area contributed by atoms with Gasteiger partial charge in [0.25, 0.3) is 5.91 Å². The van der Waals surface area contributed by atoms with E-state index in [2.05, 4.69) is 46.2 Å². The van der Waals surface area contributed by atoms with Gasteiger partial charge in [0.15, 0.2) is 6.10 Å². The number of ether oxygens (including phenoxy) is 7. The molecule has 1 unspecified atom stereocenters. The lowest BCUT2D eigenvalue weighted by Crippen LogP contribution is -2.57. The molecular formula is C61H101N7O16Si. The summed E-state index contributed by atoms with van der Waals surface area (Å²) < 4.78 is 39.1. The summed E-state index contributed by atoms with van der Waals surface area (Å²) in [5, 5.41) is 13.5. The fraction of sp³-hybridized carbons (Fsp3) is 0.689. The number of cyclic esters (lactones) is 2. The number of nitrogens with zero attached hydrogens (tertiary/aromatic N) is 2. The lowest BCUT2D eigenvalue weighted by atomic mass is 9.93. The summed E-state index contributed by atoms with van der Waals surface area (Å²) in [6.07, 6.45) is 3.07. The van der Waals surface area contributed by atoms with Gasteiger partial charge in [-0.2, -0.15) is 0 Å². The molecule has 0 spiro atoms. The van der Waals surface area contributed by atoms with Gasteiger partial charge >= 0.3 is 24.1 Å². The quantitative estimate of drug-likeness (QED) is 0.0238. The number of rotatable bonds is 25. The zero-order valence-electron chi connectivity index (χ0n) is 53.3. The fourth-order valence-corrected chi connectivity index (χ4v) is 9.30. The molecule has 0 bridgehead atoms. The predicted octanol–water partition coefficient (Wildman–Crippen LogP) is 6.25. The molecule has 0 aromatic heterocycles. The fourth-order valence-electron chi connectivity index (χ4n) is 8.59. The highest BCUT2D eigenvalue weighted by Crippen LogP contribution is 2.24. The van der Waals surface area contributed by atoms with Crippen molar-refractivity contribution in [3.8, 4) is 5.75 Å². The van der Waals surface area contributed by atoms with Gasteiger partial charge in [0, 0.05) is 60.5 Å². The van der Waals surface area contributed by atoms with Crippen molar-refractivity contribution in [1.29, 1.82) is 0 Å². The van der Waals surface area contributed by atoms with E-state index >= 15 is 0 Å². The molecule has 0 saturated heterocycles. The normalized spacial score (nSPS) is 22.7.